The number of nitrogens with zero attached hydrogens (tertiary/aromatic N) is 3. The van der Waals surface area contributed by atoms with Crippen LogP contribution in [-0.2, 0) is 32.0 Å². The number of benzene rings is 4. The quantitative estimate of drug-likeness (QED) is 0.0262. The van der Waals surface area contributed by atoms with Crippen molar-refractivity contribution in [1.82, 2.24) is 26.3 Å². The van der Waals surface area contributed by atoms with E-state index in [9.17, 15) is 29.6 Å². The van der Waals surface area contributed by atoms with E-state index < -0.39 is 41.0 Å². The van der Waals surface area contributed by atoms with Crippen LogP contribution in [0.25, 0.3) is 21.5 Å². The Bertz CT molecular complexity index is 2170. The summed E-state index contributed by atoms with van der Waals surface area (Å²) < 4.78 is 5.42. The molecule has 6 rings (SSSR count). The van der Waals surface area contributed by atoms with Gasteiger partial charge in [-0.2, -0.15) is 0 Å². The number of morpholine rings is 1. The molecule has 4 aromatic carbocycles. The first-order chi connectivity index (χ1) is 30.6. The minimum atomic E-state index is -1.18. The number of rotatable bonds is 19. The standard InChI is InChI=1S/C48H60N8O7/c49-48(54-56(61)62)51-23-9-8-22-42(47(60)53-43(30-34-12-2-1-3-13-34)44(57)33-45(58)50-24-25-55-26-28-63-29-27-55)52-46(59)39(31-37-18-10-16-35-14-4-6-20-40(35)37)32-38-19-11-17-36-15-5-7-21-41(36)38/h4-7,10-11,14-21,34,39,42-44,57H,1-3,12-13,22-33H2,(H,50,58)(H,52,59)(H,53,60)(H3,49,51,54)/t42-,43-,44-/m0/s1. The number of aliphatic hydroxyl groups is 1. The molecular weight excluding hydrogens is 801 g/mol. The maximum absolute atomic E-state index is 14.8. The highest BCUT2D eigenvalue weighted by molar-refractivity contribution is 5.91. The molecule has 2 fully saturated rings. The molecule has 4 aromatic rings. The number of nitrogens with one attached hydrogen (secondary N) is 4. The lowest BCUT2D eigenvalue weighted by molar-refractivity contribution is -0.525. The van der Waals surface area contributed by atoms with Gasteiger partial charge in [0.2, 0.25) is 17.7 Å². The SMILES string of the molecule is NC(=NCC#CC[C@H](NC(=O)C(Cc1cccc2ccccc12)Cc1cccc2ccccc12)C(=O)N[C@@H](CC1CCCCC1)[C@@H](O)CC(=O)NCCN1CCOCC1)N[N+](=O)[O-]. The summed E-state index contributed by atoms with van der Waals surface area (Å²) in [5, 5.41) is 34.7. The van der Waals surface area contributed by atoms with Crippen LogP contribution < -0.4 is 27.1 Å². The fourth-order valence-electron chi connectivity index (χ4n) is 8.67. The predicted molar refractivity (Wildman–Crippen MR) is 244 cm³/mol. The maximum Gasteiger partial charge on any atom is 0.252 e. The van der Waals surface area contributed by atoms with Gasteiger partial charge < -0.3 is 31.5 Å². The number of hydrogen-bond acceptors (Lipinski definition) is 9. The minimum absolute atomic E-state index is 0.126. The van der Waals surface area contributed by atoms with Crippen LogP contribution in [0.4, 0.5) is 0 Å². The zero-order chi connectivity index (χ0) is 44.4. The lowest BCUT2D eigenvalue weighted by Crippen LogP contribution is -2.54. The summed E-state index contributed by atoms with van der Waals surface area (Å²) >= 11 is 0. The van der Waals surface area contributed by atoms with Crippen molar-refractivity contribution in [3.8, 4) is 11.8 Å². The van der Waals surface area contributed by atoms with Gasteiger partial charge in [0.1, 0.15) is 12.6 Å². The summed E-state index contributed by atoms with van der Waals surface area (Å²) in [7, 11) is 0. The van der Waals surface area contributed by atoms with E-state index in [1.807, 2.05) is 84.9 Å². The number of nitrogens with two attached hydrogens (primary N) is 1. The molecule has 63 heavy (non-hydrogen) atoms. The zero-order valence-electron chi connectivity index (χ0n) is 35.8. The Morgan fingerprint density at radius 2 is 1.48 bits per heavy atom. The number of amides is 3. The van der Waals surface area contributed by atoms with E-state index in [-0.39, 0.29) is 37.1 Å². The average molecular weight is 861 g/mol. The van der Waals surface area contributed by atoms with Gasteiger partial charge in [-0.3, -0.25) is 19.3 Å². The number of aliphatic imine (C=N–C) groups is 1. The van der Waals surface area contributed by atoms with E-state index in [4.69, 9.17) is 10.5 Å². The predicted octanol–water partition coefficient (Wildman–Crippen LogP) is 4.02. The second-order valence-corrected chi connectivity index (χ2v) is 16.5. The molecule has 334 valence electrons. The molecule has 3 atom stereocenters. The molecule has 15 nitrogen and oxygen atoms in total. The number of nitro groups is 1. The van der Waals surface area contributed by atoms with Crippen molar-refractivity contribution in [1.29, 1.82) is 0 Å². The Morgan fingerprint density at radius 3 is 2.11 bits per heavy atom. The van der Waals surface area contributed by atoms with Crippen LogP contribution >= 0.6 is 0 Å². The van der Waals surface area contributed by atoms with Gasteiger partial charge in [-0.05, 0) is 57.9 Å². The molecule has 15 heteroatoms. The monoisotopic (exact) mass is 860 g/mol. The Labute approximate surface area is 368 Å². The molecule has 1 aliphatic heterocycles. The fraction of sp³-hybridized carbons (Fsp3) is 0.458. The molecule has 0 bridgehead atoms. The third-order valence-electron chi connectivity index (χ3n) is 12.0. The van der Waals surface area contributed by atoms with E-state index >= 15 is 0 Å². The van der Waals surface area contributed by atoms with Gasteiger partial charge in [0, 0.05) is 38.5 Å². The third-order valence-corrected chi connectivity index (χ3v) is 12.0. The smallest absolute Gasteiger partial charge is 0.252 e. The van der Waals surface area contributed by atoms with Crippen LogP contribution in [0.1, 0.15) is 62.5 Å². The van der Waals surface area contributed by atoms with Gasteiger partial charge >= 0.3 is 0 Å². The molecule has 0 spiro atoms. The Balaban J connectivity index is 1.24. The van der Waals surface area contributed by atoms with Crippen molar-refractivity contribution in [2.75, 3.05) is 45.9 Å². The number of guanidine groups is 1. The Hall–Kier alpha value is -6.08. The second kappa shape index (κ2) is 23.9. The number of carbonyl (C=O) groups excluding carboxylic acids is 3. The van der Waals surface area contributed by atoms with Gasteiger partial charge in [-0.25, -0.2) is 15.1 Å². The van der Waals surface area contributed by atoms with Crippen LogP contribution in [0.2, 0.25) is 0 Å². The summed E-state index contributed by atoms with van der Waals surface area (Å²) in [5.74, 6) is 3.71. The lowest BCUT2D eigenvalue weighted by Gasteiger charge is -2.31. The van der Waals surface area contributed by atoms with Gasteiger partial charge in [0.25, 0.3) is 5.96 Å². The number of carbonyl (C=O) groups is 3. The van der Waals surface area contributed by atoms with Crippen LogP contribution in [-0.4, -0.2) is 103 Å². The summed E-state index contributed by atoms with van der Waals surface area (Å²) in [6, 6.07) is 26.2. The summed E-state index contributed by atoms with van der Waals surface area (Å²) in [4.78, 5) is 59.2. The molecule has 1 saturated carbocycles. The first-order valence-corrected chi connectivity index (χ1v) is 22.1. The Kier molecular flexibility index (Phi) is 17.6. The van der Waals surface area contributed by atoms with E-state index in [2.05, 4.69) is 37.7 Å². The van der Waals surface area contributed by atoms with Crippen molar-refractivity contribution in [3.63, 3.8) is 0 Å². The van der Waals surface area contributed by atoms with Crippen LogP contribution in [0.3, 0.4) is 0 Å². The van der Waals surface area contributed by atoms with E-state index in [0.717, 1.165) is 77.9 Å². The van der Waals surface area contributed by atoms with Crippen molar-refractivity contribution < 1.29 is 29.3 Å². The van der Waals surface area contributed by atoms with Gasteiger partial charge in [-0.1, -0.05) is 134 Å². The average Bonchev–Trinajstić information content (AvgIpc) is 3.28. The van der Waals surface area contributed by atoms with Crippen molar-refractivity contribution in [3.05, 3.63) is 106 Å². The van der Waals surface area contributed by atoms with Crippen molar-refractivity contribution >= 4 is 45.2 Å². The van der Waals surface area contributed by atoms with Crippen molar-refractivity contribution in [2.24, 2.45) is 22.6 Å². The number of aliphatic hydroxyl groups excluding tert-OH is 1. The molecule has 1 heterocycles. The largest absolute Gasteiger partial charge is 0.390 e. The number of fused-ring (bicyclic) bond motifs is 2. The first-order valence-electron chi connectivity index (χ1n) is 22.1. The molecular formula is C48H60N8O7. The number of hydrogen-bond donors (Lipinski definition) is 6. The molecule has 1 aliphatic carbocycles. The Morgan fingerprint density at radius 1 is 0.857 bits per heavy atom. The topological polar surface area (TPSA) is 214 Å². The molecule has 0 aromatic heterocycles. The summed E-state index contributed by atoms with van der Waals surface area (Å²) in [6.07, 6.45) is 4.88. The number of ether oxygens (including phenoxy) is 1. The second-order valence-electron chi connectivity index (χ2n) is 16.5. The van der Waals surface area contributed by atoms with E-state index in [0.29, 0.717) is 45.6 Å². The first kappa shape index (κ1) is 46.4. The van der Waals surface area contributed by atoms with Crippen molar-refractivity contribution in [2.45, 2.75) is 82.4 Å². The van der Waals surface area contributed by atoms with Crippen LogP contribution in [0.5, 0.6) is 0 Å². The molecule has 3 amide bonds. The van der Waals surface area contributed by atoms with E-state index in [1.165, 1.54) is 0 Å². The molecule has 7 N–H and O–H groups in total. The van der Waals surface area contributed by atoms with Crippen LogP contribution in [0.15, 0.2) is 89.9 Å². The molecule has 0 radical (unpaired) electrons. The molecule has 2 aliphatic rings. The highest BCUT2D eigenvalue weighted by Gasteiger charge is 2.32. The minimum Gasteiger partial charge on any atom is -0.390 e. The summed E-state index contributed by atoms with van der Waals surface area (Å²) in [5.41, 5.74) is 9.32. The fourth-order valence-corrected chi connectivity index (χ4v) is 8.67. The molecule has 1 saturated heterocycles. The zero-order valence-corrected chi connectivity index (χ0v) is 35.8. The number of hydrazine groups is 1. The highest BCUT2D eigenvalue weighted by Crippen LogP contribution is 2.29. The van der Waals surface area contributed by atoms with Gasteiger partial charge in [0.15, 0.2) is 5.03 Å². The third kappa shape index (κ3) is 14.5. The molecule has 0 unspecified atom stereocenters. The highest BCUT2D eigenvalue weighted by atomic mass is 16.7. The van der Waals surface area contributed by atoms with Crippen LogP contribution in [0, 0.1) is 33.8 Å². The normalized spacial score (nSPS) is 16.4. The van der Waals surface area contributed by atoms with Gasteiger partial charge in [0.05, 0.1) is 31.8 Å². The maximum atomic E-state index is 14.8. The summed E-state index contributed by atoms with van der Waals surface area (Å²) in [6.45, 7) is 3.80. The lowest BCUT2D eigenvalue weighted by atomic mass is 9.83. The van der Waals surface area contributed by atoms with E-state index in [1.54, 1.807) is 5.43 Å². The van der Waals surface area contributed by atoms with Gasteiger partial charge in [-0.15, -0.1) is 0 Å².